The molecule has 0 fully saturated rings. The number of thioether (sulfide) groups is 1. The van der Waals surface area contributed by atoms with Crippen LogP contribution in [0.4, 0.5) is 0 Å². The van der Waals surface area contributed by atoms with Crippen LogP contribution in [0.1, 0.15) is 38.8 Å². The second kappa shape index (κ2) is 8.71. The van der Waals surface area contributed by atoms with Crippen LogP contribution < -0.4 is 0 Å². The molecule has 0 saturated heterocycles. The first-order valence-electron chi connectivity index (χ1n) is 9.79. The van der Waals surface area contributed by atoms with Crippen LogP contribution in [-0.2, 0) is 6.42 Å². The van der Waals surface area contributed by atoms with E-state index in [2.05, 4.69) is 46.0 Å². The van der Waals surface area contributed by atoms with E-state index in [1.807, 2.05) is 50.2 Å². The Kier molecular flexibility index (Phi) is 5.86. The van der Waals surface area contributed by atoms with Crippen LogP contribution in [0.3, 0.4) is 0 Å². The van der Waals surface area contributed by atoms with Crippen LogP contribution in [0.25, 0.3) is 5.69 Å². The topological polar surface area (TPSA) is 60.9 Å². The lowest BCUT2D eigenvalue weighted by molar-refractivity contribution is 0.102. The summed E-state index contributed by atoms with van der Waals surface area (Å²) in [4.78, 5) is 12.9. The zero-order valence-electron chi connectivity index (χ0n) is 17.3. The summed E-state index contributed by atoms with van der Waals surface area (Å²) in [7, 11) is 0. The van der Waals surface area contributed by atoms with Crippen molar-refractivity contribution in [1.29, 1.82) is 0 Å². The highest BCUT2D eigenvalue weighted by Gasteiger charge is 2.18. The highest BCUT2D eigenvalue weighted by atomic mass is 32.2. The second-order valence-corrected chi connectivity index (χ2v) is 8.22. The van der Waals surface area contributed by atoms with Crippen LogP contribution in [0.15, 0.2) is 70.3 Å². The minimum absolute atomic E-state index is 0.0503. The smallest absolute Gasteiger partial charge is 0.277 e. The van der Waals surface area contributed by atoms with Gasteiger partial charge in [0.1, 0.15) is 0 Å². The van der Waals surface area contributed by atoms with E-state index in [4.69, 9.17) is 4.42 Å². The van der Waals surface area contributed by atoms with Gasteiger partial charge in [0.25, 0.3) is 5.22 Å². The van der Waals surface area contributed by atoms with Gasteiger partial charge in [-0.25, -0.2) is 0 Å². The highest BCUT2D eigenvalue weighted by Crippen LogP contribution is 2.24. The highest BCUT2D eigenvalue weighted by molar-refractivity contribution is 7.99. The van der Waals surface area contributed by atoms with E-state index in [0.717, 1.165) is 28.2 Å². The number of nitrogens with zero attached hydrogens (tertiary/aromatic N) is 3. The van der Waals surface area contributed by atoms with E-state index in [-0.39, 0.29) is 11.5 Å². The molecule has 0 unspecified atom stereocenters. The first-order chi connectivity index (χ1) is 14.5. The molecule has 6 heteroatoms. The Morgan fingerprint density at radius 3 is 2.47 bits per heavy atom. The number of hydrogen-bond donors (Lipinski definition) is 0. The lowest BCUT2D eigenvalue weighted by atomic mass is 10.2. The Morgan fingerprint density at radius 1 is 1.00 bits per heavy atom. The summed E-state index contributed by atoms with van der Waals surface area (Å²) in [5.41, 5.74) is 6.08. The summed E-state index contributed by atoms with van der Waals surface area (Å²) >= 11 is 1.28. The van der Waals surface area contributed by atoms with E-state index in [1.165, 1.54) is 17.3 Å². The summed E-state index contributed by atoms with van der Waals surface area (Å²) in [6.07, 6.45) is 0.583. The predicted octanol–water partition coefficient (Wildman–Crippen LogP) is 5.35. The normalized spacial score (nSPS) is 11.0. The van der Waals surface area contributed by atoms with Gasteiger partial charge in [-0.3, -0.25) is 4.79 Å². The Bertz CT molecular complexity index is 1160. The molecule has 0 radical (unpaired) electrons. The third kappa shape index (κ3) is 4.39. The summed E-state index contributed by atoms with van der Waals surface area (Å²) < 4.78 is 7.81. The van der Waals surface area contributed by atoms with Gasteiger partial charge in [0.2, 0.25) is 5.89 Å². The van der Waals surface area contributed by atoms with Crippen molar-refractivity contribution in [2.75, 3.05) is 5.75 Å². The van der Waals surface area contributed by atoms with Crippen molar-refractivity contribution in [1.82, 2.24) is 14.8 Å². The van der Waals surface area contributed by atoms with E-state index >= 15 is 0 Å². The molecule has 0 atom stereocenters. The van der Waals surface area contributed by atoms with Gasteiger partial charge in [-0.15, -0.1) is 10.2 Å². The fourth-order valence-corrected chi connectivity index (χ4v) is 4.14. The molecule has 2 heterocycles. The van der Waals surface area contributed by atoms with Gasteiger partial charge < -0.3 is 8.98 Å². The maximum atomic E-state index is 12.9. The van der Waals surface area contributed by atoms with Crippen molar-refractivity contribution in [3.63, 3.8) is 0 Å². The number of ketones is 1. The van der Waals surface area contributed by atoms with Crippen LogP contribution >= 0.6 is 11.8 Å². The van der Waals surface area contributed by atoms with Gasteiger partial charge in [-0.05, 0) is 44.5 Å². The van der Waals surface area contributed by atoms with Crippen molar-refractivity contribution in [2.45, 2.75) is 32.4 Å². The van der Waals surface area contributed by atoms with E-state index in [9.17, 15) is 4.79 Å². The third-order valence-electron chi connectivity index (χ3n) is 5.00. The van der Waals surface area contributed by atoms with E-state index in [1.54, 1.807) is 0 Å². The number of aryl methyl sites for hydroxylation is 2. The first-order valence-corrected chi connectivity index (χ1v) is 10.8. The molecule has 30 heavy (non-hydrogen) atoms. The maximum absolute atomic E-state index is 12.9. The Balaban J connectivity index is 1.44. The van der Waals surface area contributed by atoms with E-state index < -0.39 is 0 Å². The summed E-state index contributed by atoms with van der Waals surface area (Å²) in [6, 6.07) is 20.2. The molecule has 0 aliphatic heterocycles. The molecule has 0 N–H and O–H groups in total. The minimum Gasteiger partial charge on any atom is -0.416 e. The molecular formula is C24H23N3O2S. The number of hydrogen-bond acceptors (Lipinski definition) is 5. The molecule has 4 rings (SSSR count). The van der Waals surface area contributed by atoms with Gasteiger partial charge in [0, 0.05) is 22.6 Å². The van der Waals surface area contributed by atoms with Crippen molar-refractivity contribution in [3.05, 3.63) is 94.6 Å². The summed E-state index contributed by atoms with van der Waals surface area (Å²) in [6.45, 7) is 6.06. The van der Waals surface area contributed by atoms with Crippen LogP contribution in [0.2, 0.25) is 0 Å². The molecule has 0 amide bonds. The first kappa shape index (κ1) is 20.2. The number of rotatable bonds is 7. The van der Waals surface area contributed by atoms with Crippen molar-refractivity contribution < 1.29 is 9.21 Å². The molecule has 0 aliphatic carbocycles. The van der Waals surface area contributed by atoms with Crippen LogP contribution in [0, 0.1) is 20.8 Å². The van der Waals surface area contributed by atoms with E-state index in [0.29, 0.717) is 17.5 Å². The molecular weight excluding hydrogens is 394 g/mol. The Labute approximate surface area is 180 Å². The molecule has 2 aromatic carbocycles. The predicted molar refractivity (Wildman–Crippen MR) is 119 cm³/mol. The van der Waals surface area contributed by atoms with Gasteiger partial charge >= 0.3 is 0 Å². The molecule has 0 bridgehead atoms. The monoisotopic (exact) mass is 417 g/mol. The molecule has 0 spiro atoms. The van der Waals surface area contributed by atoms with Gasteiger partial charge in [-0.2, -0.15) is 0 Å². The standard InChI is InChI=1S/C24H23N3O2S/c1-16-9-11-20(12-10-16)27-17(2)13-21(18(27)3)22(28)15-30-24-26-25-23(29-24)14-19-7-5-4-6-8-19/h4-13H,14-15H2,1-3H3. The number of carbonyl (C=O) groups is 1. The largest absolute Gasteiger partial charge is 0.416 e. The molecule has 4 aromatic rings. The fraction of sp³-hybridized carbons (Fsp3) is 0.208. The van der Waals surface area contributed by atoms with Crippen LogP contribution in [-0.4, -0.2) is 26.3 Å². The number of aromatic nitrogens is 3. The summed E-state index contributed by atoms with van der Waals surface area (Å²) in [5, 5.41) is 8.58. The average molecular weight is 418 g/mol. The third-order valence-corrected chi connectivity index (χ3v) is 5.82. The average Bonchev–Trinajstić information content (AvgIpc) is 3.31. The number of benzene rings is 2. The molecule has 2 aromatic heterocycles. The van der Waals surface area contributed by atoms with Gasteiger partial charge in [-0.1, -0.05) is 59.8 Å². The SMILES string of the molecule is Cc1ccc(-n2c(C)cc(C(=O)CSc3nnc(Cc4ccccc4)o3)c2C)cc1. The lowest BCUT2D eigenvalue weighted by Crippen LogP contribution is -2.05. The Morgan fingerprint density at radius 2 is 1.73 bits per heavy atom. The zero-order chi connectivity index (χ0) is 21.1. The molecule has 5 nitrogen and oxygen atoms in total. The molecule has 0 saturated carbocycles. The lowest BCUT2D eigenvalue weighted by Gasteiger charge is -2.10. The quantitative estimate of drug-likeness (QED) is 0.300. The second-order valence-electron chi connectivity index (χ2n) is 7.29. The Hall–Kier alpha value is -3.12. The van der Waals surface area contributed by atoms with Gasteiger partial charge in [0.15, 0.2) is 5.78 Å². The number of carbonyl (C=O) groups excluding carboxylic acids is 1. The van der Waals surface area contributed by atoms with Crippen molar-refractivity contribution in [2.24, 2.45) is 0 Å². The molecule has 152 valence electrons. The zero-order valence-corrected chi connectivity index (χ0v) is 18.1. The maximum Gasteiger partial charge on any atom is 0.277 e. The fourth-order valence-electron chi connectivity index (χ4n) is 3.48. The van der Waals surface area contributed by atoms with Gasteiger partial charge in [0.05, 0.1) is 12.2 Å². The molecule has 0 aliphatic rings. The van der Waals surface area contributed by atoms with Crippen LogP contribution in [0.5, 0.6) is 0 Å². The summed E-state index contributed by atoms with van der Waals surface area (Å²) in [5.74, 6) is 0.855. The van der Waals surface area contributed by atoms with Crippen molar-refractivity contribution >= 4 is 17.5 Å². The van der Waals surface area contributed by atoms with Crippen molar-refractivity contribution in [3.8, 4) is 5.69 Å². The number of Topliss-reactive ketones (excluding diaryl/α,β-unsaturated/α-hetero) is 1. The minimum atomic E-state index is 0.0503.